The molecule has 2 aromatic rings. The minimum absolute atomic E-state index is 0.0163. The molecule has 0 bridgehead atoms. The van der Waals surface area contributed by atoms with Gasteiger partial charge in [-0.15, -0.1) is 0 Å². The molecule has 7 nitrogen and oxygen atoms in total. The number of non-ortho nitro benzene ring substituents is 1. The van der Waals surface area contributed by atoms with E-state index in [2.05, 4.69) is 5.32 Å². The van der Waals surface area contributed by atoms with Crippen molar-refractivity contribution in [2.24, 2.45) is 5.92 Å². The van der Waals surface area contributed by atoms with E-state index in [0.29, 0.717) is 43.1 Å². The van der Waals surface area contributed by atoms with E-state index in [1.807, 2.05) is 12.1 Å². The van der Waals surface area contributed by atoms with Crippen LogP contribution in [0.25, 0.3) is 0 Å². The van der Waals surface area contributed by atoms with Crippen LogP contribution in [0.5, 0.6) is 0 Å². The average molecular weight is 402 g/mol. The second-order valence-electron chi connectivity index (χ2n) is 6.71. The van der Waals surface area contributed by atoms with Crippen molar-refractivity contribution in [3.8, 4) is 0 Å². The van der Waals surface area contributed by atoms with Crippen molar-refractivity contribution >= 4 is 29.1 Å². The number of halogens is 1. The lowest BCUT2D eigenvalue weighted by Crippen LogP contribution is -2.42. The second-order valence-corrected chi connectivity index (χ2v) is 7.15. The Hall–Kier alpha value is -2.93. The van der Waals surface area contributed by atoms with Gasteiger partial charge >= 0.3 is 0 Å². The van der Waals surface area contributed by atoms with Crippen molar-refractivity contribution in [2.75, 3.05) is 13.1 Å². The molecular weight excluding hydrogens is 382 g/mol. The van der Waals surface area contributed by atoms with Gasteiger partial charge in [-0.1, -0.05) is 23.7 Å². The normalized spacial score (nSPS) is 14.5. The van der Waals surface area contributed by atoms with Gasteiger partial charge in [0.15, 0.2) is 0 Å². The van der Waals surface area contributed by atoms with Gasteiger partial charge in [0.05, 0.1) is 4.92 Å². The van der Waals surface area contributed by atoms with Gasteiger partial charge in [0.1, 0.15) is 0 Å². The monoisotopic (exact) mass is 401 g/mol. The maximum Gasteiger partial charge on any atom is 0.269 e. The molecule has 0 spiro atoms. The Morgan fingerprint density at radius 2 is 1.68 bits per heavy atom. The van der Waals surface area contributed by atoms with E-state index in [-0.39, 0.29) is 23.4 Å². The summed E-state index contributed by atoms with van der Waals surface area (Å²) in [4.78, 5) is 36.8. The zero-order chi connectivity index (χ0) is 20.1. The topological polar surface area (TPSA) is 92.6 Å². The number of amides is 2. The van der Waals surface area contributed by atoms with Crippen LogP contribution in [-0.2, 0) is 11.3 Å². The van der Waals surface area contributed by atoms with Crippen molar-refractivity contribution in [2.45, 2.75) is 19.4 Å². The molecule has 8 heteroatoms. The largest absolute Gasteiger partial charge is 0.352 e. The molecule has 3 rings (SSSR count). The number of hydrogen-bond donors (Lipinski definition) is 1. The van der Waals surface area contributed by atoms with Gasteiger partial charge in [-0.3, -0.25) is 19.7 Å². The maximum atomic E-state index is 12.5. The van der Waals surface area contributed by atoms with Crippen LogP contribution in [0.4, 0.5) is 5.69 Å². The first kappa shape index (κ1) is 19.8. The predicted molar refractivity (Wildman–Crippen MR) is 105 cm³/mol. The highest BCUT2D eigenvalue weighted by Crippen LogP contribution is 2.21. The van der Waals surface area contributed by atoms with E-state index in [1.54, 1.807) is 17.0 Å². The first-order valence-corrected chi connectivity index (χ1v) is 9.38. The maximum absolute atomic E-state index is 12.5. The summed E-state index contributed by atoms with van der Waals surface area (Å²) in [5.41, 5.74) is 1.34. The third-order valence-electron chi connectivity index (χ3n) is 4.86. The first-order chi connectivity index (χ1) is 13.4. The highest BCUT2D eigenvalue weighted by molar-refractivity contribution is 6.30. The van der Waals surface area contributed by atoms with Gasteiger partial charge in [0, 0.05) is 48.3 Å². The van der Waals surface area contributed by atoms with Crippen molar-refractivity contribution in [3.05, 3.63) is 74.8 Å². The summed E-state index contributed by atoms with van der Waals surface area (Å²) in [6, 6.07) is 12.9. The molecule has 146 valence electrons. The molecule has 0 aliphatic carbocycles. The van der Waals surface area contributed by atoms with Crippen molar-refractivity contribution in [1.82, 2.24) is 10.2 Å². The number of rotatable bonds is 5. The lowest BCUT2D eigenvalue weighted by molar-refractivity contribution is -0.384. The number of benzene rings is 2. The average Bonchev–Trinajstić information content (AvgIpc) is 2.73. The lowest BCUT2D eigenvalue weighted by atomic mass is 9.95. The number of nitrogens with one attached hydrogen (secondary N) is 1. The second kappa shape index (κ2) is 8.84. The summed E-state index contributed by atoms with van der Waals surface area (Å²) in [7, 11) is 0. The summed E-state index contributed by atoms with van der Waals surface area (Å²) < 4.78 is 0. The third-order valence-corrected chi connectivity index (χ3v) is 5.11. The number of piperidine rings is 1. The predicted octanol–water partition coefficient (Wildman–Crippen LogP) is 3.42. The molecule has 1 aliphatic heterocycles. The standard InChI is InChI=1S/C20H20ClN3O4/c21-17-5-1-14(2-6-17)13-22-19(25)15-9-11-23(12-10-15)20(26)16-3-7-18(8-4-16)24(27)28/h1-8,15H,9-13H2,(H,22,25). The van der Waals surface area contributed by atoms with Crippen LogP contribution in [0.3, 0.4) is 0 Å². The molecule has 1 aliphatic rings. The fraction of sp³-hybridized carbons (Fsp3) is 0.300. The van der Waals surface area contributed by atoms with E-state index in [1.165, 1.54) is 24.3 Å². The van der Waals surface area contributed by atoms with E-state index < -0.39 is 4.92 Å². The lowest BCUT2D eigenvalue weighted by Gasteiger charge is -2.31. The fourth-order valence-corrected chi connectivity index (χ4v) is 3.31. The minimum Gasteiger partial charge on any atom is -0.352 e. The van der Waals surface area contributed by atoms with Crippen LogP contribution >= 0.6 is 11.6 Å². The van der Waals surface area contributed by atoms with Crippen LogP contribution in [-0.4, -0.2) is 34.7 Å². The first-order valence-electron chi connectivity index (χ1n) is 9.00. The van der Waals surface area contributed by atoms with Gasteiger partial charge in [0.25, 0.3) is 11.6 Å². The van der Waals surface area contributed by atoms with E-state index >= 15 is 0 Å². The number of nitro benzene ring substituents is 1. The van der Waals surface area contributed by atoms with E-state index in [4.69, 9.17) is 11.6 Å². The Balaban J connectivity index is 1.49. The third kappa shape index (κ3) is 4.86. The quantitative estimate of drug-likeness (QED) is 0.613. The Morgan fingerprint density at radius 1 is 1.07 bits per heavy atom. The Labute approximate surface area is 167 Å². The molecule has 1 heterocycles. The van der Waals surface area contributed by atoms with Crippen molar-refractivity contribution in [1.29, 1.82) is 0 Å². The summed E-state index contributed by atoms with van der Waals surface area (Å²) in [6.07, 6.45) is 1.18. The number of nitrogens with zero attached hydrogens (tertiary/aromatic N) is 2. The molecule has 0 atom stereocenters. The molecule has 1 fully saturated rings. The number of likely N-dealkylation sites (tertiary alicyclic amines) is 1. The number of carbonyl (C=O) groups excluding carboxylic acids is 2. The minimum atomic E-state index is -0.498. The molecule has 0 saturated carbocycles. The van der Waals surface area contributed by atoms with Crippen LogP contribution in [0.1, 0.15) is 28.8 Å². The zero-order valence-electron chi connectivity index (χ0n) is 15.1. The highest BCUT2D eigenvalue weighted by Gasteiger charge is 2.27. The SMILES string of the molecule is O=C(NCc1ccc(Cl)cc1)C1CCN(C(=O)c2ccc([N+](=O)[O-])cc2)CC1. The number of carbonyl (C=O) groups is 2. The number of nitro groups is 1. The van der Waals surface area contributed by atoms with Gasteiger partial charge < -0.3 is 10.2 Å². The van der Waals surface area contributed by atoms with Gasteiger partial charge in [-0.05, 0) is 42.7 Å². The van der Waals surface area contributed by atoms with E-state index in [9.17, 15) is 19.7 Å². The molecule has 0 aromatic heterocycles. The van der Waals surface area contributed by atoms with Crippen LogP contribution in [0, 0.1) is 16.0 Å². The molecule has 28 heavy (non-hydrogen) atoms. The zero-order valence-corrected chi connectivity index (χ0v) is 15.9. The molecule has 2 amide bonds. The van der Waals surface area contributed by atoms with E-state index in [0.717, 1.165) is 5.56 Å². The van der Waals surface area contributed by atoms with Crippen molar-refractivity contribution in [3.63, 3.8) is 0 Å². The summed E-state index contributed by atoms with van der Waals surface area (Å²) >= 11 is 5.85. The van der Waals surface area contributed by atoms with Crippen LogP contribution in [0.15, 0.2) is 48.5 Å². The smallest absolute Gasteiger partial charge is 0.269 e. The molecule has 1 N–H and O–H groups in total. The molecule has 2 aromatic carbocycles. The highest BCUT2D eigenvalue weighted by atomic mass is 35.5. The molecule has 0 radical (unpaired) electrons. The Bertz CT molecular complexity index is 860. The van der Waals surface area contributed by atoms with Gasteiger partial charge in [-0.2, -0.15) is 0 Å². The van der Waals surface area contributed by atoms with Crippen LogP contribution in [0.2, 0.25) is 5.02 Å². The van der Waals surface area contributed by atoms with Crippen molar-refractivity contribution < 1.29 is 14.5 Å². The molecule has 0 unspecified atom stereocenters. The van der Waals surface area contributed by atoms with Gasteiger partial charge in [-0.25, -0.2) is 0 Å². The fourth-order valence-electron chi connectivity index (χ4n) is 3.19. The molecule has 1 saturated heterocycles. The molecular formula is C20H20ClN3O4. The van der Waals surface area contributed by atoms with Crippen LogP contribution < -0.4 is 5.32 Å². The number of hydrogen-bond acceptors (Lipinski definition) is 4. The van der Waals surface area contributed by atoms with Gasteiger partial charge in [0.2, 0.25) is 5.91 Å². The summed E-state index contributed by atoms with van der Waals surface area (Å²) in [5, 5.41) is 14.3. The summed E-state index contributed by atoms with van der Waals surface area (Å²) in [6.45, 7) is 1.40. The summed E-state index contributed by atoms with van der Waals surface area (Å²) in [5.74, 6) is -0.319. The Kier molecular flexibility index (Phi) is 6.26. The Morgan fingerprint density at radius 3 is 2.25 bits per heavy atom.